The Bertz CT molecular complexity index is 530. The Morgan fingerprint density at radius 1 is 1.23 bits per heavy atom. The topological polar surface area (TPSA) is 23.6 Å². The van der Waals surface area contributed by atoms with E-state index in [2.05, 4.69) is 4.90 Å². The number of hydrogen-bond acceptors (Lipinski definition) is 2. The summed E-state index contributed by atoms with van der Waals surface area (Å²) >= 11 is 0. The quantitative estimate of drug-likeness (QED) is 0.856. The Morgan fingerprint density at radius 2 is 1.95 bits per heavy atom. The molecular weight excluding hydrogens is 293 g/mol. The van der Waals surface area contributed by atoms with Crippen LogP contribution >= 0.6 is 0 Å². The van der Waals surface area contributed by atoms with Crippen molar-refractivity contribution in [2.24, 2.45) is 0 Å². The van der Waals surface area contributed by atoms with Crippen molar-refractivity contribution in [3.8, 4) is 0 Å². The molecule has 3 nitrogen and oxygen atoms in total. The highest BCUT2D eigenvalue weighted by Crippen LogP contribution is 2.29. The molecule has 1 amide bonds. The van der Waals surface area contributed by atoms with E-state index in [1.54, 1.807) is 18.0 Å². The molecule has 1 heterocycles. The summed E-state index contributed by atoms with van der Waals surface area (Å²) in [6, 6.07) is 5.58. The van der Waals surface area contributed by atoms with Crippen molar-refractivity contribution < 1.29 is 18.0 Å². The second-order valence-electron chi connectivity index (χ2n) is 5.85. The monoisotopic (exact) mass is 314 g/mol. The molecule has 1 saturated heterocycles. The molecule has 0 bridgehead atoms. The van der Waals surface area contributed by atoms with Crippen molar-refractivity contribution >= 4 is 5.91 Å². The minimum Gasteiger partial charge on any atom is -0.344 e. The molecule has 1 atom stereocenters. The maximum atomic E-state index is 12.7. The fraction of sp³-hybridized carbons (Fsp3) is 0.562. The van der Waals surface area contributed by atoms with Gasteiger partial charge in [0.15, 0.2) is 0 Å². The van der Waals surface area contributed by atoms with E-state index in [1.807, 2.05) is 6.92 Å². The van der Waals surface area contributed by atoms with Gasteiger partial charge in [-0.25, -0.2) is 0 Å². The minimum atomic E-state index is -4.31. The zero-order valence-electron chi connectivity index (χ0n) is 12.9. The van der Waals surface area contributed by atoms with Gasteiger partial charge in [-0.1, -0.05) is 18.2 Å². The third-order valence-corrected chi connectivity index (χ3v) is 4.17. The summed E-state index contributed by atoms with van der Waals surface area (Å²) in [6.45, 7) is 4.06. The Balaban J connectivity index is 2.02. The van der Waals surface area contributed by atoms with Gasteiger partial charge in [-0.05, 0) is 25.0 Å². The van der Waals surface area contributed by atoms with Crippen LogP contribution in [0.5, 0.6) is 0 Å². The summed E-state index contributed by atoms with van der Waals surface area (Å²) in [5.41, 5.74) is 0.0641. The molecule has 1 aromatic carbocycles. The number of benzene rings is 1. The Labute approximate surface area is 128 Å². The molecule has 22 heavy (non-hydrogen) atoms. The highest BCUT2D eigenvalue weighted by atomic mass is 19.4. The van der Waals surface area contributed by atoms with E-state index in [9.17, 15) is 18.0 Å². The van der Waals surface area contributed by atoms with Gasteiger partial charge in [0.25, 0.3) is 0 Å². The molecule has 0 saturated carbocycles. The number of carbonyl (C=O) groups is 1. The van der Waals surface area contributed by atoms with E-state index in [-0.39, 0.29) is 11.9 Å². The Hall–Kier alpha value is -1.56. The lowest BCUT2D eigenvalue weighted by atomic mass is 10.0. The molecule has 2 rings (SSSR count). The summed E-state index contributed by atoms with van der Waals surface area (Å²) in [6.07, 6.45) is -3.30. The number of halogens is 3. The number of nitrogens with zero attached hydrogens (tertiary/aromatic N) is 2. The van der Waals surface area contributed by atoms with Crippen LogP contribution < -0.4 is 0 Å². The lowest BCUT2D eigenvalue weighted by Gasteiger charge is -2.27. The van der Waals surface area contributed by atoms with Crippen molar-refractivity contribution in [2.45, 2.75) is 32.0 Å². The van der Waals surface area contributed by atoms with Crippen molar-refractivity contribution in [3.05, 3.63) is 35.4 Å². The van der Waals surface area contributed by atoms with Gasteiger partial charge in [-0.2, -0.15) is 13.2 Å². The summed E-state index contributed by atoms with van der Waals surface area (Å²) in [4.78, 5) is 15.5. The summed E-state index contributed by atoms with van der Waals surface area (Å²) in [7, 11) is 1.78. The van der Waals surface area contributed by atoms with Crippen LogP contribution in [0, 0.1) is 0 Å². The van der Waals surface area contributed by atoms with Crippen LogP contribution in [0.2, 0.25) is 0 Å². The highest BCUT2D eigenvalue weighted by molar-refractivity contribution is 5.76. The molecular formula is C16H21F3N2O. The first kappa shape index (κ1) is 16.8. The third-order valence-electron chi connectivity index (χ3n) is 4.17. The second kappa shape index (κ2) is 6.69. The van der Waals surface area contributed by atoms with Gasteiger partial charge >= 0.3 is 6.18 Å². The van der Waals surface area contributed by atoms with Crippen LogP contribution in [0.25, 0.3) is 0 Å². The number of amides is 1. The van der Waals surface area contributed by atoms with Crippen LogP contribution in [-0.2, 0) is 17.4 Å². The lowest BCUT2D eigenvalue weighted by molar-refractivity contribution is -0.137. The standard InChI is InChI=1S/C16H21F3N2O/c1-12(21-7-6-15(22)20(2)8-9-21)10-13-4-3-5-14(11-13)16(17,18)19/h3-5,11-12H,6-10H2,1-2H3. The molecule has 1 aliphatic rings. The second-order valence-corrected chi connectivity index (χ2v) is 5.85. The van der Waals surface area contributed by atoms with Gasteiger partial charge < -0.3 is 4.90 Å². The van der Waals surface area contributed by atoms with Crippen molar-refractivity contribution in [1.29, 1.82) is 0 Å². The number of rotatable bonds is 3. The SMILES string of the molecule is CC(Cc1cccc(C(F)(F)F)c1)N1CCC(=O)N(C)CC1. The molecule has 0 spiro atoms. The zero-order chi connectivity index (χ0) is 16.3. The van der Waals surface area contributed by atoms with Crippen LogP contribution in [-0.4, -0.2) is 48.4 Å². The molecule has 1 unspecified atom stereocenters. The minimum absolute atomic E-state index is 0.0998. The van der Waals surface area contributed by atoms with Crippen molar-refractivity contribution in [3.63, 3.8) is 0 Å². The normalized spacial score (nSPS) is 19.1. The maximum Gasteiger partial charge on any atom is 0.416 e. The lowest BCUT2D eigenvalue weighted by Crippen LogP contribution is -2.37. The maximum absolute atomic E-state index is 12.7. The summed E-state index contributed by atoms with van der Waals surface area (Å²) < 4.78 is 38.2. The van der Waals surface area contributed by atoms with Gasteiger partial charge in [-0.15, -0.1) is 0 Å². The smallest absolute Gasteiger partial charge is 0.344 e. The molecule has 122 valence electrons. The first-order valence-corrected chi connectivity index (χ1v) is 7.41. The number of hydrogen-bond donors (Lipinski definition) is 0. The van der Waals surface area contributed by atoms with E-state index < -0.39 is 11.7 Å². The summed E-state index contributed by atoms with van der Waals surface area (Å²) in [5.74, 6) is 0.119. The van der Waals surface area contributed by atoms with Gasteiger partial charge in [0.1, 0.15) is 0 Å². The molecule has 0 aromatic heterocycles. The third kappa shape index (κ3) is 4.22. The largest absolute Gasteiger partial charge is 0.416 e. The van der Waals surface area contributed by atoms with E-state index in [0.717, 1.165) is 12.6 Å². The number of carbonyl (C=O) groups excluding carboxylic acids is 1. The molecule has 0 N–H and O–H groups in total. The van der Waals surface area contributed by atoms with Crippen molar-refractivity contribution in [2.75, 3.05) is 26.7 Å². The van der Waals surface area contributed by atoms with Gasteiger partial charge in [0.2, 0.25) is 5.91 Å². The molecule has 0 aliphatic carbocycles. The highest BCUT2D eigenvalue weighted by Gasteiger charge is 2.30. The fourth-order valence-electron chi connectivity index (χ4n) is 2.73. The van der Waals surface area contributed by atoms with Gasteiger partial charge in [0, 0.05) is 39.1 Å². The van der Waals surface area contributed by atoms with Crippen LogP contribution in [0.15, 0.2) is 24.3 Å². The molecule has 1 fully saturated rings. The van der Waals surface area contributed by atoms with E-state index in [0.29, 0.717) is 31.5 Å². The van der Waals surface area contributed by atoms with Crippen LogP contribution in [0.3, 0.4) is 0 Å². The number of alkyl halides is 3. The van der Waals surface area contributed by atoms with E-state index in [1.165, 1.54) is 12.1 Å². The van der Waals surface area contributed by atoms with Gasteiger partial charge in [-0.3, -0.25) is 9.69 Å². The molecule has 6 heteroatoms. The predicted molar refractivity (Wildman–Crippen MR) is 78.4 cm³/mol. The van der Waals surface area contributed by atoms with Crippen molar-refractivity contribution in [1.82, 2.24) is 9.80 Å². The fourth-order valence-corrected chi connectivity index (χ4v) is 2.73. The average molecular weight is 314 g/mol. The molecule has 1 aliphatic heterocycles. The summed E-state index contributed by atoms with van der Waals surface area (Å²) in [5, 5.41) is 0. The van der Waals surface area contributed by atoms with Gasteiger partial charge in [0.05, 0.1) is 5.56 Å². The zero-order valence-corrected chi connectivity index (χ0v) is 12.9. The van der Waals surface area contributed by atoms with Crippen LogP contribution in [0.4, 0.5) is 13.2 Å². The Kier molecular flexibility index (Phi) is 5.11. The average Bonchev–Trinajstić information content (AvgIpc) is 2.61. The van der Waals surface area contributed by atoms with E-state index in [4.69, 9.17) is 0 Å². The Morgan fingerprint density at radius 3 is 2.64 bits per heavy atom. The van der Waals surface area contributed by atoms with E-state index >= 15 is 0 Å². The number of likely N-dealkylation sites (N-methyl/N-ethyl adjacent to an activating group) is 1. The van der Waals surface area contributed by atoms with Crippen LogP contribution in [0.1, 0.15) is 24.5 Å². The molecule has 1 aromatic rings. The predicted octanol–water partition coefficient (Wildman–Crippen LogP) is 2.80. The first-order valence-electron chi connectivity index (χ1n) is 7.41. The first-order chi connectivity index (χ1) is 10.3. The molecule has 0 radical (unpaired) electrons.